The summed E-state index contributed by atoms with van der Waals surface area (Å²) in [4.78, 5) is 0. The summed E-state index contributed by atoms with van der Waals surface area (Å²) in [6.45, 7) is 13.2. The van der Waals surface area contributed by atoms with Crippen LogP contribution in [-0.4, -0.2) is 19.5 Å². The van der Waals surface area contributed by atoms with Crippen molar-refractivity contribution in [3.8, 4) is 0 Å². The van der Waals surface area contributed by atoms with Gasteiger partial charge in [-0.25, -0.2) is 0 Å². The quantitative estimate of drug-likeness (QED) is 0.0376. The molecule has 0 rings (SSSR count). The van der Waals surface area contributed by atoms with Crippen LogP contribution in [0.4, 0.5) is 0 Å². The Hall–Kier alpha value is -1.12. The SMILES string of the molecule is CCCCC/C=C\C/C=C\CCCCCCCCCC(OCCCCCCCC/C=C\C/C=C\CCCCC)OCCC(C)(C)CC. The number of rotatable bonds is 37. The molecule has 0 aromatic heterocycles. The first kappa shape index (κ1) is 45.9. The molecule has 0 N–H and O–H groups in total. The van der Waals surface area contributed by atoms with Crippen LogP contribution in [0.25, 0.3) is 0 Å². The Balaban J connectivity index is 3.90. The molecule has 0 aliphatic rings. The molecule has 0 saturated carbocycles. The third-order valence-corrected chi connectivity index (χ3v) is 9.58. The van der Waals surface area contributed by atoms with Gasteiger partial charge in [0.15, 0.2) is 6.29 Å². The predicted octanol–water partition coefficient (Wildman–Crippen LogP) is 15.6. The monoisotopic (exact) mass is 657 g/mol. The molecule has 0 aromatic rings. The maximum atomic E-state index is 6.29. The normalized spacial score (nSPS) is 13.4. The van der Waals surface area contributed by atoms with Crippen molar-refractivity contribution in [3.63, 3.8) is 0 Å². The van der Waals surface area contributed by atoms with Crippen LogP contribution in [0.1, 0.15) is 214 Å². The summed E-state index contributed by atoms with van der Waals surface area (Å²) in [6, 6.07) is 0. The second-order valence-electron chi connectivity index (χ2n) is 14.7. The van der Waals surface area contributed by atoms with Crippen molar-refractivity contribution in [2.45, 2.75) is 221 Å². The molecule has 0 aliphatic carbocycles. The average molecular weight is 657 g/mol. The summed E-state index contributed by atoms with van der Waals surface area (Å²) >= 11 is 0. The number of hydrogen-bond donors (Lipinski definition) is 0. The van der Waals surface area contributed by atoms with E-state index in [0.717, 1.165) is 45.3 Å². The molecule has 276 valence electrons. The van der Waals surface area contributed by atoms with Gasteiger partial charge in [-0.2, -0.15) is 0 Å². The molecule has 0 saturated heterocycles. The Kier molecular flexibility index (Phi) is 36.8. The van der Waals surface area contributed by atoms with E-state index in [1.807, 2.05) is 0 Å². The molecule has 0 heterocycles. The molecular weight excluding hydrogens is 572 g/mol. The third-order valence-electron chi connectivity index (χ3n) is 9.58. The molecule has 0 aromatic carbocycles. The number of unbranched alkanes of at least 4 members (excludes halogenated alkanes) is 19. The van der Waals surface area contributed by atoms with E-state index >= 15 is 0 Å². The number of ether oxygens (including phenoxy) is 2. The van der Waals surface area contributed by atoms with E-state index in [4.69, 9.17) is 9.47 Å². The highest BCUT2D eigenvalue weighted by molar-refractivity contribution is 4.93. The molecular formula is C45H84O2. The zero-order valence-corrected chi connectivity index (χ0v) is 32.7. The van der Waals surface area contributed by atoms with Crippen molar-refractivity contribution in [1.29, 1.82) is 0 Å². The Bertz CT molecular complexity index is 665. The van der Waals surface area contributed by atoms with Crippen LogP contribution in [0.5, 0.6) is 0 Å². The molecule has 0 spiro atoms. The molecule has 0 bridgehead atoms. The van der Waals surface area contributed by atoms with E-state index in [-0.39, 0.29) is 6.29 Å². The predicted molar refractivity (Wildman–Crippen MR) is 212 cm³/mol. The fourth-order valence-electron chi connectivity index (χ4n) is 5.64. The van der Waals surface area contributed by atoms with Crippen LogP contribution in [0, 0.1) is 5.41 Å². The van der Waals surface area contributed by atoms with Crippen molar-refractivity contribution < 1.29 is 9.47 Å². The summed E-state index contributed by atoms with van der Waals surface area (Å²) < 4.78 is 12.6. The maximum Gasteiger partial charge on any atom is 0.157 e. The highest BCUT2D eigenvalue weighted by Gasteiger charge is 2.17. The van der Waals surface area contributed by atoms with Gasteiger partial charge in [0.05, 0.1) is 6.61 Å². The number of hydrogen-bond acceptors (Lipinski definition) is 2. The van der Waals surface area contributed by atoms with Crippen molar-refractivity contribution >= 4 is 0 Å². The van der Waals surface area contributed by atoms with Crippen LogP contribution >= 0.6 is 0 Å². The first-order valence-corrected chi connectivity index (χ1v) is 20.9. The fourth-order valence-corrected chi connectivity index (χ4v) is 5.64. The number of allylic oxidation sites excluding steroid dienone is 8. The maximum absolute atomic E-state index is 6.29. The van der Waals surface area contributed by atoms with Crippen LogP contribution in [0.3, 0.4) is 0 Å². The van der Waals surface area contributed by atoms with Gasteiger partial charge in [0.1, 0.15) is 0 Å². The van der Waals surface area contributed by atoms with E-state index < -0.39 is 0 Å². The summed E-state index contributed by atoms with van der Waals surface area (Å²) in [6.07, 6.45) is 54.5. The Morgan fingerprint density at radius 3 is 1.26 bits per heavy atom. The first-order chi connectivity index (χ1) is 23.1. The second-order valence-corrected chi connectivity index (χ2v) is 14.7. The zero-order valence-electron chi connectivity index (χ0n) is 32.7. The van der Waals surface area contributed by atoms with E-state index in [2.05, 4.69) is 83.2 Å². The molecule has 0 radical (unpaired) electrons. The third kappa shape index (κ3) is 37.5. The highest BCUT2D eigenvalue weighted by atomic mass is 16.7. The van der Waals surface area contributed by atoms with Gasteiger partial charge in [0.2, 0.25) is 0 Å². The Morgan fingerprint density at radius 1 is 0.426 bits per heavy atom. The van der Waals surface area contributed by atoms with E-state index in [1.165, 1.54) is 148 Å². The van der Waals surface area contributed by atoms with E-state index in [9.17, 15) is 0 Å². The van der Waals surface area contributed by atoms with E-state index in [0.29, 0.717) is 5.41 Å². The molecule has 0 aliphatic heterocycles. The standard InChI is InChI=1S/C45H84O2/c1-6-9-11-13-15-17-19-21-23-25-26-28-30-32-34-36-38-40-44(47-43-41-45(4,5)8-3)46-42-39-37-35-33-31-29-27-24-22-20-18-16-14-12-10-7-2/h15-18,21-24,44H,6-14,19-20,25-43H2,1-5H3/b17-15-,18-16-,23-21-,24-22-. The smallest absolute Gasteiger partial charge is 0.157 e. The molecule has 47 heavy (non-hydrogen) atoms. The lowest BCUT2D eigenvalue weighted by molar-refractivity contribution is -0.151. The van der Waals surface area contributed by atoms with Crippen LogP contribution < -0.4 is 0 Å². The van der Waals surface area contributed by atoms with Gasteiger partial charge in [0.25, 0.3) is 0 Å². The summed E-state index contributed by atoms with van der Waals surface area (Å²) in [5.41, 5.74) is 0.353. The molecule has 1 unspecified atom stereocenters. The van der Waals surface area contributed by atoms with Crippen molar-refractivity contribution in [3.05, 3.63) is 48.6 Å². The minimum atomic E-state index is -0.0152. The minimum Gasteiger partial charge on any atom is -0.353 e. The molecule has 1 atom stereocenters. The van der Waals surface area contributed by atoms with Crippen molar-refractivity contribution in [2.75, 3.05) is 13.2 Å². The average Bonchev–Trinajstić information content (AvgIpc) is 3.07. The van der Waals surface area contributed by atoms with Gasteiger partial charge in [-0.1, -0.05) is 173 Å². The zero-order chi connectivity index (χ0) is 34.4. The largest absolute Gasteiger partial charge is 0.353 e. The van der Waals surface area contributed by atoms with Crippen LogP contribution in [0.2, 0.25) is 0 Å². The van der Waals surface area contributed by atoms with Crippen molar-refractivity contribution in [1.82, 2.24) is 0 Å². The summed E-state index contributed by atoms with van der Waals surface area (Å²) in [7, 11) is 0. The van der Waals surface area contributed by atoms with Crippen molar-refractivity contribution in [2.24, 2.45) is 5.41 Å². The lowest BCUT2D eigenvalue weighted by Crippen LogP contribution is -2.21. The van der Waals surface area contributed by atoms with Crippen LogP contribution in [-0.2, 0) is 9.47 Å². The van der Waals surface area contributed by atoms with Gasteiger partial charge in [-0.05, 0) is 95.3 Å². The topological polar surface area (TPSA) is 18.5 Å². The molecule has 0 fully saturated rings. The lowest BCUT2D eigenvalue weighted by atomic mass is 9.87. The van der Waals surface area contributed by atoms with Gasteiger partial charge < -0.3 is 9.47 Å². The summed E-state index contributed by atoms with van der Waals surface area (Å²) in [5, 5.41) is 0. The first-order valence-electron chi connectivity index (χ1n) is 20.9. The Labute approximate surface area is 296 Å². The van der Waals surface area contributed by atoms with E-state index in [1.54, 1.807) is 0 Å². The van der Waals surface area contributed by atoms with Gasteiger partial charge in [0, 0.05) is 6.61 Å². The molecule has 2 heteroatoms. The summed E-state index contributed by atoms with van der Waals surface area (Å²) in [5.74, 6) is 0. The van der Waals surface area contributed by atoms with Gasteiger partial charge in [-0.3, -0.25) is 0 Å². The molecule has 0 amide bonds. The van der Waals surface area contributed by atoms with Gasteiger partial charge in [-0.15, -0.1) is 0 Å². The second kappa shape index (κ2) is 37.7. The highest BCUT2D eigenvalue weighted by Crippen LogP contribution is 2.25. The Morgan fingerprint density at radius 2 is 0.809 bits per heavy atom. The minimum absolute atomic E-state index is 0.0152. The fraction of sp³-hybridized carbons (Fsp3) is 0.822. The van der Waals surface area contributed by atoms with Gasteiger partial charge >= 0.3 is 0 Å². The molecule has 2 nitrogen and oxygen atoms in total. The van der Waals surface area contributed by atoms with Crippen LogP contribution in [0.15, 0.2) is 48.6 Å². The lowest BCUT2D eigenvalue weighted by Gasteiger charge is -2.25.